The normalized spacial score (nSPS) is 12.4. The van der Waals surface area contributed by atoms with Crippen molar-refractivity contribution in [3.8, 4) is 0 Å². The minimum atomic E-state index is 0.497. The highest BCUT2D eigenvalue weighted by molar-refractivity contribution is 9.10. The van der Waals surface area contributed by atoms with Crippen molar-refractivity contribution >= 4 is 31.9 Å². The van der Waals surface area contributed by atoms with Crippen molar-refractivity contribution in [2.75, 3.05) is 5.33 Å². The fourth-order valence-corrected chi connectivity index (χ4v) is 3.71. The maximum absolute atomic E-state index is 3.66. The highest BCUT2D eigenvalue weighted by atomic mass is 79.9. The number of benzene rings is 2. The van der Waals surface area contributed by atoms with Crippen LogP contribution in [-0.2, 0) is 6.42 Å². The van der Waals surface area contributed by atoms with E-state index in [4.69, 9.17) is 0 Å². The molecule has 2 heteroatoms. The maximum Gasteiger partial charge on any atom is 0.0210 e. The Morgan fingerprint density at radius 2 is 1.63 bits per heavy atom. The molecule has 2 aromatic rings. The van der Waals surface area contributed by atoms with E-state index >= 15 is 0 Å². The van der Waals surface area contributed by atoms with Gasteiger partial charge in [0.1, 0.15) is 0 Å². The molecule has 0 bridgehead atoms. The first-order valence-electron chi connectivity index (χ1n) is 6.47. The summed E-state index contributed by atoms with van der Waals surface area (Å²) in [7, 11) is 0. The van der Waals surface area contributed by atoms with Crippen molar-refractivity contribution < 1.29 is 0 Å². The molecule has 0 saturated heterocycles. The number of hydrogen-bond donors (Lipinski definition) is 0. The first kappa shape index (κ1) is 14.8. The van der Waals surface area contributed by atoms with Crippen LogP contribution in [0, 0.1) is 13.8 Å². The van der Waals surface area contributed by atoms with Crippen molar-refractivity contribution in [3.63, 3.8) is 0 Å². The second kappa shape index (κ2) is 6.71. The number of hydrogen-bond acceptors (Lipinski definition) is 0. The highest BCUT2D eigenvalue weighted by Crippen LogP contribution is 2.29. The maximum atomic E-state index is 3.66. The van der Waals surface area contributed by atoms with Crippen molar-refractivity contribution in [1.82, 2.24) is 0 Å². The molecular weight excluding hydrogens is 364 g/mol. The smallest absolute Gasteiger partial charge is 0.0210 e. The van der Waals surface area contributed by atoms with Gasteiger partial charge in [-0.3, -0.25) is 0 Å². The molecule has 0 amide bonds. The minimum absolute atomic E-state index is 0.497. The van der Waals surface area contributed by atoms with Gasteiger partial charge in [0.25, 0.3) is 0 Å². The van der Waals surface area contributed by atoms with Gasteiger partial charge in [0.2, 0.25) is 0 Å². The van der Waals surface area contributed by atoms with Crippen LogP contribution in [0.25, 0.3) is 0 Å². The molecule has 2 rings (SSSR count). The van der Waals surface area contributed by atoms with E-state index in [1.807, 2.05) is 0 Å². The number of alkyl halides is 1. The van der Waals surface area contributed by atoms with Crippen LogP contribution in [0.3, 0.4) is 0 Å². The van der Waals surface area contributed by atoms with Gasteiger partial charge >= 0.3 is 0 Å². The number of rotatable bonds is 4. The monoisotopic (exact) mass is 380 g/mol. The third-order valence-corrected chi connectivity index (χ3v) is 4.80. The molecule has 0 nitrogen and oxygen atoms in total. The molecule has 19 heavy (non-hydrogen) atoms. The molecule has 0 N–H and O–H groups in total. The summed E-state index contributed by atoms with van der Waals surface area (Å²) in [4.78, 5) is 0. The van der Waals surface area contributed by atoms with Crippen LogP contribution in [0.4, 0.5) is 0 Å². The third-order valence-electron chi connectivity index (χ3n) is 3.29. The Kier molecular flexibility index (Phi) is 5.23. The Labute approximate surface area is 132 Å². The summed E-state index contributed by atoms with van der Waals surface area (Å²) in [5, 5.41) is 0.975. The van der Waals surface area contributed by atoms with Gasteiger partial charge in [-0.05, 0) is 43.4 Å². The van der Waals surface area contributed by atoms with Crippen molar-refractivity contribution in [1.29, 1.82) is 0 Å². The Morgan fingerprint density at radius 3 is 2.21 bits per heavy atom. The molecule has 0 radical (unpaired) electrons. The SMILES string of the molecule is Cc1cc(C)cc(CC(CBr)c2ccccc2Br)c1. The van der Waals surface area contributed by atoms with Gasteiger partial charge in [-0.1, -0.05) is 79.4 Å². The van der Waals surface area contributed by atoms with Crippen molar-refractivity contribution in [2.24, 2.45) is 0 Å². The van der Waals surface area contributed by atoms with E-state index in [1.54, 1.807) is 0 Å². The van der Waals surface area contributed by atoms with E-state index < -0.39 is 0 Å². The molecule has 0 aliphatic heterocycles. The predicted octanol–water partition coefficient (Wildman–Crippen LogP) is 5.79. The summed E-state index contributed by atoms with van der Waals surface area (Å²) in [6, 6.07) is 15.3. The fraction of sp³-hybridized carbons (Fsp3) is 0.294. The Hall–Kier alpha value is -0.600. The standard InChI is InChI=1S/C17H18Br2/c1-12-7-13(2)9-14(8-12)10-15(11-18)16-5-3-4-6-17(16)19/h3-9,15H,10-11H2,1-2H3. The van der Waals surface area contributed by atoms with Gasteiger partial charge in [0, 0.05) is 9.80 Å². The van der Waals surface area contributed by atoms with Crippen molar-refractivity contribution in [2.45, 2.75) is 26.2 Å². The summed E-state index contributed by atoms with van der Waals surface area (Å²) >= 11 is 7.32. The lowest BCUT2D eigenvalue weighted by molar-refractivity contribution is 0.770. The lowest BCUT2D eigenvalue weighted by Crippen LogP contribution is -2.05. The van der Waals surface area contributed by atoms with Gasteiger partial charge in [-0.25, -0.2) is 0 Å². The average molecular weight is 382 g/mol. The zero-order valence-electron chi connectivity index (χ0n) is 11.3. The molecule has 0 saturated carbocycles. The van der Waals surface area contributed by atoms with E-state index in [0.29, 0.717) is 5.92 Å². The molecule has 0 heterocycles. The van der Waals surface area contributed by atoms with Gasteiger partial charge in [-0.2, -0.15) is 0 Å². The zero-order valence-corrected chi connectivity index (χ0v) is 14.5. The summed E-state index contributed by atoms with van der Waals surface area (Å²) in [6.45, 7) is 4.33. The van der Waals surface area contributed by atoms with Gasteiger partial charge < -0.3 is 0 Å². The first-order chi connectivity index (χ1) is 9.10. The third kappa shape index (κ3) is 3.93. The summed E-state index contributed by atoms with van der Waals surface area (Å²) < 4.78 is 1.20. The van der Waals surface area contributed by atoms with Gasteiger partial charge in [-0.15, -0.1) is 0 Å². The number of aryl methyl sites for hydroxylation is 2. The van der Waals surface area contributed by atoms with E-state index in [-0.39, 0.29) is 0 Å². The lowest BCUT2D eigenvalue weighted by Gasteiger charge is -2.17. The van der Waals surface area contributed by atoms with E-state index in [9.17, 15) is 0 Å². The minimum Gasteiger partial charge on any atom is -0.0921 e. The zero-order chi connectivity index (χ0) is 13.8. The largest absolute Gasteiger partial charge is 0.0921 e. The Bertz CT molecular complexity index is 541. The summed E-state index contributed by atoms with van der Waals surface area (Å²) in [5.74, 6) is 0.497. The molecule has 0 fully saturated rings. The molecule has 0 aromatic heterocycles. The fourth-order valence-electron chi connectivity index (χ4n) is 2.53. The van der Waals surface area contributed by atoms with E-state index in [2.05, 4.69) is 88.2 Å². The van der Waals surface area contributed by atoms with Crippen LogP contribution in [-0.4, -0.2) is 5.33 Å². The topological polar surface area (TPSA) is 0 Å². The molecule has 0 aliphatic rings. The predicted molar refractivity (Wildman–Crippen MR) is 90.3 cm³/mol. The first-order valence-corrected chi connectivity index (χ1v) is 8.39. The molecule has 0 aliphatic carbocycles. The van der Waals surface area contributed by atoms with E-state index in [0.717, 1.165) is 11.8 Å². The molecule has 1 unspecified atom stereocenters. The van der Waals surface area contributed by atoms with E-state index in [1.165, 1.54) is 26.7 Å². The van der Waals surface area contributed by atoms with Crippen LogP contribution < -0.4 is 0 Å². The van der Waals surface area contributed by atoms with Gasteiger partial charge in [0.05, 0.1) is 0 Å². The highest BCUT2D eigenvalue weighted by Gasteiger charge is 2.14. The molecule has 1 atom stereocenters. The van der Waals surface area contributed by atoms with Crippen LogP contribution in [0.15, 0.2) is 46.9 Å². The van der Waals surface area contributed by atoms with Crippen LogP contribution >= 0.6 is 31.9 Å². The molecular formula is C17H18Br2. The quantitative estimate of drug-likeness (QED) is 0.588. The molecule has 0 spiro atoms. The second-order valence-corrected chi connectivity index (χ2v) is 6.57. The summed E-state index contributed by atoms with van der Waals surface area (Å²) in [6.07, 6.45) is 1.07. The van der Waals surface area contributed by atoms with Crippen molar-refractivity contribution in [3.05, 3.63) is 69.2 Å². The average Bonchev–Trinajstić information content (AvgIpc) is 2.36. The Morgan fingerprint density at radius 1 is 1.00 bits per heavy atom. The second-order valence-electron chi connectivity index (χ2n) is 5.07. The Balaban J connectivity index is 2.26. The van der Waals surface area contributed by atoms with Crippen LogP contribution in [0.1, 0.15) is 28.2 Å². The summed E-state index contributed by atoms with van der Waals surface area (Å²) in [5.41, 5.74) is 5.47. The molecule has 2 aromatic carbocycles. The van der Waals surface area contributed by atoms with Gasteiger partial charge in [0.15, 0.2) is 0 Å². The molecule has 100 valence electrons. The number of halogens is 2. The lowest BCUT2D eigenvalue weighted by atomic mass is 9.92. The van der Waals surface area contributed by atoms with Crippen LogP contribution in [0.5, 0.6) is 0 Å². The van der Waals surface area contributed by atoms with Crippen LogP contribution in [0.2, 0.25) is 0 Å².